The van der Waals surface area contributed by atoms with Gasteiger partial charge in [0.2, 0.25) is 5.91 Å². The molecule has 1 unspecified atom stereocenters. The number of carbonyl (C=O) groups excluding carboxylic acids is 1. The van der Waals surface area contributed by atoms with Crippen LogP contribution in [-0.2, 0) is 4.79 Å². The summed E-state index contributed by atoms with van der Waals surface area (Å²) < 4.78 is 18.4. The number of nitrogens with one attached hydrogen (secondary N) is 1. The van der Waals surface area contributed by atoms with E-state index in [4.69, 9.17) is 4.74 Å². The van der Waals surface area contributed by atoms with Crippen molar-refractivity contribution in [3.05, 3.63) is 24.0 Å². The van der Waals surface area contributed by atoms with E-state index in [9.17, 15) is 9.18 Å². The van der Waals surface area contributed by atoms with E-state index in [-0.39, 0.29) is 23.8 Å². The molecule has 5 heteroatoms. The monoisotopic (exact) mass is 280 g/mol. The van der Waals surface area contributed by atoms with Crippen LogP contribution in [0.15, 0.2) is 18.2 Å². The Morgan fingerprint density at radius 2 is 2.20 bits per heavy atom. The third-order valence-electron chi connectivity index (χ3n) is 3.41. The molecule has 1 saturated heterocycles. The molecule has 0 bridgehead atoms. The van der Waals surface area contributed by atoms with E-state index in [0.717, 1.165) is 12.8 Å². The molecule has 110 valence electrons. The van der Waals surface area contributed by atoms with Crippen molar-refractivity contribution in [2.75, 3.05) is 18.6 Å². The fourth-order valence-corrected chi connectivity index (χ4v) is 2.55. The molecule has 0 radical (unpaired) electrons. The van der Waals surface area contributed by atoms with Crippen LogP contribution in [0, 0.1) is 5.82 Å². The van der Waals surface area contributed by atoms with Gasteiger partial charge >= 0.3 is 0 Å². The first-order valence-electron chi connectivity index (χ1n) is 6.94. The van der Waals surface area contributed by atoms with E-state index in [1.807, 2.05) is 13.8 Å². The fraction of sp³-hybridized carbons (Fsp3) is 0.533. The number of amides is 1. The van der Waals surface area contributed by atoms with Gasteiger partial charge in [-0.05, 0) is 25.0 Å². The average molecular weight is 280 g/mol. The molecule has 1 fully saturated rings. The summed E-state index contributed by atoms with van der Waals surface area (Å²) in [6, 6.07) is 4.33. The minimum absolute atomic E-state index is 0.0230. The molecule has 1 aliphatic rings. The quantitative estimate of drug-likeness (QED) is 0.920. The number of nitrogens with zero attached hydrogens (tertiary/aromatic N) is 1. The largest absolute Gasteiger partial charge is 0.494 e. The lowest BCUT2D eigenvalue weighted by Crippen LogP contribution is -2.52. The first kappa shape index (κ1) is 14.8. The lowest BCUT2D eigenvalue weighted by Gasteiger charge is -2.34. The number of rotatable bonds is 4. The summed E-state index contributed by atoms with van der Waals surface area (Å²) in [5.41, 5.74) is 0.633. The minimum atomic E-state index is -0.369. The third-order valence-corrected chi connectivity index (χ3v) is 3.41. The van der Waals surface area contributed by atoms with Gasteiger partial charge < -0.3 is 15.0 Å². The standard InChI is InChI=1S/C15H21FN2O2/c1-10(2)17-12-5-4-8-18(15(12)19)13-7-6-11(16)9-14(13)20-3/h6-7,9-10,12,17H,4-5,8H2,1-3H3. The number of benzene rings is 1. The van der Waals surface area contributed by atoms with Crippen molar-refractivity contribution in [1.82, 2.24) is 5.32 Å². The van der Waals surface area contributed by atoms with Gasteiger partial charge in [0.1, 0.15) is 11.6 Å². The number of piperidine rings is 1. The molecule has 1 aliphatic heterocycles. The number of ether oxygens (including phenoxy) is 1. The highest BCUT2D eigenvalue weighted by atomic mass is 19.1. The maximum absolute atomic E-state index is 13.3. The van der Waals surface area contributed by atoms with E-state index in [1.165, 1.54) is 19.2 Å². The van der Waals surface area contributed by atoms with Gasteiger partial charge in [-0.2, -0.15) is 0 Å². The van der Waals surface area contributed by atoms with Crippen molar-refractivity contribution in [2.45, 2.75) is 38.8 Å². The highest BCUT2D eigenvalue weighted by Crippen LogP contribution is 2.31. The van der Waals surface area contributed by atoms with Crippen LogP contribution in [0.2, 0.25) is 0 Å². The molecule has 1 N–H and O–H groups in total. The van der Waals surface area contributed by atoms with Crippen molar-refractivity contribution >= 4 is 11.6 Å². The predicted octanol–water partition coefficient (Wildman–Crippen LogP) is 2.33. The van der Waals surface area contributed by atoms with E-state index in [2.05, 4.69) is 5.32 Å². The Morgan fingerprint density at radius 1 is 1.45 bits per heavy atom. The highest BCUT2D eigenvalue weighted by molar-refractivity contribution is 5.99. The first-order valence-corrected chi connectivity index (χ1v) is 6.94. The Morgan fingerprint density at radius 3 is 2.85 bits per heavy atom. The number of hydrogen-bond donors (Lipinski definition) is 1. The SMILES string of the molecule is COc1cc(F)ccc1N1CCCC(NC(C)C)C1=O. The van der Waals surface area contributed by atoms with E-state index in [1.54, 1.807) is 11.0 Å². The van der Waals surface area contributed by atoms with Crippen molar-refractivity contribution in [3.63, 3.8) is 0 Å². The van der Waals surface area contributed by atoms with Crippen LogP contribution < -0.4 is 15.0 Å². The van der Waals surface area contributed by atoms with Gasteiger partial charge in [-0.3, -0.25) is 4.79 Å². The molecule has 4 nitrogen and oxygen atoms in total. The second-order valence-electron chi connectivity index (χ2n) is 5.32. The summed E-state index contributed by atoms with van der Waals surface area (Å²) >= 11 is 0. The van der Waals surface area contributed by atoms with E-state index >= 15 is 0 Å². The van der Waals surface area contributed by atoms with E-state index in [0.29, 0.717) is 18.0 Å². The molecular formula is C15H21FN2O2. The van der Waals surface area contributed by atoms with Gasteiger partial charge in [-0.25, -0.2) is 4.39 Å². The molecule has 0 saturated carbocycles. The van der Waals surface area contributed by atoms with Crippen LogP contribution in [0.3, 0.4) is 0 Å². The molecular weight excluding hydrogens is 259 g/mol. The zero-order valence-corrected chi connectivity index (χ0v) is 12.1. The molecule has 1 atom stereocenters. The third kappa shape index (κ3) is 3.10. The zero-order valence-electron chi connectivity index (χ0n) is 12.1. The Labute approximate surface area is 118 Å². The van der Waals surface area contributed by atoms with Crippen molar-refractivity contribution in [1.29, 1.82) is 0 Å². The molecule has 1 amide bonds. The van der Waals surface area contributed by atoms with E-state index < -0.39 is 0 Å². The lowest BCUT2D eigenvalue weighted by molar-refractivity contribution is -0.122. The van der Waals surface area contributed by atoms with Crippen LogP contribution in [-0.4, -0.2) is 31.6 Å². The van der Waals surface area contributed by atoms with Crippen molar-refractivity contribution in [3.8, 4) is 5.75 Å². The second kappa shape index (κ2) is 6.22. The number of carbonyl (C=O) groups is 1. The van der Waals surface area contributed by atoms with Crippen molar-refractivity contribution in [2.24, 2.45) is 0 Å². The topological polar surface area (TPSA) is 41.6 Å². The second-order valence-corrected chi connectivity index (χ2v) is 5.32. The number of methoxy groups -OCH3 is 1. The molecule has 20 heavy (non-hydrogen) atoms. The molecule has 0 aromatic heterocycles. The lowest BCUT2D eigenvalue weighted by atomic mass is 10.0. The van der Waals surface area contributed by atoms with Crippen LogP contribution >= 0.6 is 0 Å². The maximum atomic E-state index is 13.3. The maximum Gasteiger partial charge on any atom is 0.244 e. The van der Waals surface area contributed by atoms with Gasteiger partial charge in [0.25, 0.3) is 0 Å². The molecule has 2 rings (SSSR count). The van der Waals surface area contributed by atoms with Gasteiger partial charge in [0.05, 0.1) is 18.8 Å². The van der Waals surface area contributed by atoms with Crippen LogP contribution in [0.1, 0.15) is 26.7 Å². The van der Waals surface area contributed by atoms with Gasteiger partial charge in [0, 0.05) is 18.7 Å². The Kier molecular flexibility index (Phi) is 4.60. The summed E-state index contributed by atoms with van der Waals surface area (Å²) in [5.74, 6) is 0.0466. The zero-order chi connectivity index (χ0) is 14.7. The van der Waals surface area contributed by atoms with Crippen LogP contribution in [0.25, 0.3) is 0 Å². The minimum Gasteiger partial charge on any atom is -0.494 e. The summed E-state index contributed by atoms with van der Waals surface area (Å²) in [5, 5.41) is 3.27. The Hall–Kier alpha value is -1.62. The molecule has 0 aliphatic carbocycles. The number of hydrogen-bond acceptors (Lipinski definition) is 3. The van der Waals surface area contributed by atoms with Crippen molar-refractivity contribution < 1.29 is 13.9 Å². The fourth-order valence-electron chi connectivity index (χ4n) is 2.55. The van der Waals surface area contributed by atoms with Gasteiger partial charge in [0.15, 0.2) is 0 Å². The molecule has 0 spiro atoms. The normalized spacial score (nSPS) is 19.6. The molecule has 1 aromatic carbocycles. The number of halogens is 1. The summed E-state index contributed by atoms with van der Waals surface area (Å²) in [6.07, 6.45) is 1.74. The van der Waals surface area contributed by atoms with Gasteiger partial charge in [-0.15, -0.1) is 0 Å². The first-order chi connectivity index (χ1) is 9.52. The smallest absolute Gasteiger partial charge is 0.244 e. The highest BCUT2D eigenvalue weighted by Gasteiger charge is 2.31. The number of anilines is 1. The average Bonchev–Trinajstić information content (AvgIpc) is 2.41. The molecule has 1 aromatic rings. The van der Waals surface area contributed by atoms with Crippen LogP contribution in [0.5, 0.6) is 5.75 Å². The Balaban J connectivity index is 2.25. The summed E-state index contributed by atoms with van der Waals surface area (Å²) in [6.45, 7) is 4.67. The summed E-state index contributed by atoms with van der Waals surface area (Å²) in [7, 11) is 1.48. The Bertz CT molecular complexity index is 491. The molecule has 1 heterocycles. The van der Waals surface area contributed by atoms with Gasteiger partial charge in [-0.1, -0.05) is 13.8 Å². The summed E-state index contributed by atoms with van der Waals surface area (Å²) in [4.78, 5) is 14.2. The van der Waals surface area contributed by atoms with Crippen LogP contribution in [0.4, 0.5) is 10.1 Å². The predicted molar refractivity (Wildman–Crippen MR) is 76.6 cm³/mol.